The maximum atomic E-state index is 11.2. The molecule has 1 N–H and O–H groups in total. The molecule has 0 fully saturated rings. The first kappa shape index (κ1) is 16.5. The zero-order valence-corrected chi connectivity index (χ0v) is 13.9. The molecular formula is C20H17NO4. The van der Waals surface area contributed by atoms with Gasteiger partial charge in [0.15, 0.2) is 17.2 Å². The lowest BCUT2D eigenvalue weighted by Gasteiger charge is -2.06. The normalized spacial score (nSPS) is 11.0. The third-order valence-electron chi connectivity index (χ3n) is 3.61. The van der Waals surface area contributed by atoms with Crippen molar-refractivity contribution in [3.63, 3.8) is 0 Å². The molecule has 1 aromatic heterocycles. The fourth-order valence-corrected chi connectivity index (χ4v) is 2.44. The summed E-state index contributed by atoms with van der Waals surface area (Å²) in [5.41, 5.74) is 2.21. The van der Waals surface area contributed by atoms with Crippen molar-refractivity contribution in [2.75, 3.05) is 7.11 Å². The molecule has 3 aromatic rings. The quantitative estimate of drug-likeness (QED) is 0.575. The fraction of sp³-hybridized carbons (Fsp3) is 0.100. The van der Waals surface area contributed by atoms with E-state index in [-0.39, 0.29) is 11.7 Å². The van der Waals surface area contributed by atoms with Gasteiger partial charge in [-0.15, -0.1) is 0 Å². The van der Waals surface area contributed by atoms with Crippen LogP contribution in [0.15, 0.2) is 48.5 Å². The molecule has 0 saturated heterocycles. The largest absolute Gasteiger partial charge is 0.504 e. The molecule has 5 heteroatoms. The number of aromatic nitrogens is 1. The lowest BCUT2D eigenvalue weighted by molar-refractivity contribution is -0.131. The highest BCUT2D eigenvalue weighted by atomic mass is 16.5. The van der Waals surface area contributed by atoms with E-state index in [2.05, 4.69) is 4.98 Å². The van der Waals surface area contributed by atoms with Crippen LogP contribution in [0.2, 0.25) is 0 Å². The Morgan fingerprint density at radius 1 is 1.08 bits per heavy atom. The molecule has 0 amide bonds. The van der Waals surface area contributed by atoms with Crippen LogP contribution >= 0.6 is 0 Å². The molecule has 0 spiro atoms. The smallest absolute Gasteiger partial charge is 0.308 e. The first-order chi connectivity index (χ1) is 12.1. The average molecular weight is 335 g/mol. The third kappa shape index (κ3) is 3.77. The summed E-state index contributed by atoms with van der Waals surface area (Å²) in [6.45, 7) is 1.36. The summed E-state index contributed by atoms with van der Waals surface area (Å²) in [5.74, 6) is 0.554. The Morgan fingerprint density at radius 2 is 1.92 bits per heavy atom. The molecule has 1 heterocycles. The molecule has 2 aromatic carbocycles. The summed E-state index contributed by atoms with van der Waals surface area (Å²) < 4.78 is 10.3. The zero-order chi connectivity index (χ0) is 17.8. The first-order valence-corrected chi connectivity index (χ1v) is 7.70. The lowest BCUT2D eigenvalue weighted by atomic mass is 10.1. The number of carbonyl (C=O) groups is 1. The van der Waals surface area contributed by atoms with Crippen molar-refractivity contribution in [2.24, 2.45) is 0 Å². The third-order valence-corrected chi connectivity index (χ3v) is 3.61. The molecule has 0 aliphatic rings. The van der Waals surface area contributed by atoms with Crippen LogP contribution in [0, 0.1) is 0 Å². The average Bonchev–Trinajstić information content (AvgIpc) is 2.61. The Bertz CT molecular complexity index is 963. The number of aromatic hydroxyl groups is 1. The van der Waals surface area contributed by atoms with E-state index in [1.54, 1.807) is 24.3 Å². The number of pyridine rings is 1. The minimum Gasteiger partial charge on any atom is -0.504 e. The van der Waals surface area contributed by atoms with E-state index in [0.29, 0.717) is 17.0 Å². The van der Waals surface area contributed by atoms with Gasteiger partial charge in [-0.3, -0.25) is 4.79 Å². The van der Waals surface area contributed by atoms with Crippen LogP contribution in [0.4, 0.5) is 0 Å². The van der Waals surface area contributed by atoms with Gasteiger partial charge in [0.2, 0.25) is 0 Å². The first-order valence-electron chi connectivity index (χ1n) is 7.70. The maximum Gasteiger partial charge on any atom is 0.308 e. The number of esters is 1. The van der Waals surface area contributed by atoms with E-state index in [9.17, 15) is 9.90 Å². The number of hydrogen-bond acceptors (Lipinski definition) is 5. The van der Waals surface area contributed by atoms with Crippen molar-refractivity contribution >= 4 is 29.0 Å². The monoisotopic (exact) mass is 335 g/mol. The number of rotatable bonds is 4. The van der Waals surface area contributed by atoms with E-state index in [4.69, 9.17) is 9.47 Å². The van der Waals surface area contributed by atoms with E-state index in [1.165, 1.54) is 14.0 Å². The van der Waals surface area contributed by atoms with Crippen molar-refractivity contribution in [2.45, 2.75) is 6.92 Å². The standard InChI is InChI=1S/C20H17NO4/c1-13(22)25-18-5-3-4-15-8-10-16(21-20(15)18)9-6-14-7-11-17(23)19(12-14)24-2/h3-12,23H,1-2H3. The second-order valence-corrected chi connectivity index (χ2v) is 5.42. The Morgan fingerprint density at radius 3 is 2.68 bits per heavy atom. The van der Waals surface area contributed by atoms with Crippen LogP contribution in [0.1, 0.15) is 18.2 Å². The minimum atomic E-state index is -0.383. The summed E-state index contributed by atoms with van der Waals surface area (Å²) in [5, 5.41) is 10.5. The topological polar surface area (TPSA) is 68.7 Å². The number of nitrogens with zero attached hydrogens (tertiary/aromatic N) is 1. The van der Waals surface area contributed by atoms with Crippen LogP contribution in [0.25, 0.3) is 23.1 Å². The number of ether oxygens (including phenoxy) is 2. The highest BCUT2D eigenvalue weighted by molar-refractivity contribution is 5.88. The van der Waals surface area contributed by atoms with Crippen LogP contribution in [-0.4, -0.2) is 23.2 Å². The maximum absolute atomic E-state index is 11.2. The Hall–Kier alpha value is -3.34. The van der Waals surface area contributed by atoms with Crippen LogP contribution in [-0.2, 0) is 4.79 Å². The molecule has 126 valence electrons. The van der Waals surface area contributed by atoms with Gasteiger partial charge in [-0.25, -0.2) is 4.98 Å². The number of carbonyl (C=O) groups excluding carboxylic acids is 1. The number of phenols is 1. The number of para-hydroxylation sites is 1. The van der Waals surface area contributed by atoms with Gasteiger partial charge in [-0.1, -0.05) is 30.3 Å². The highest BCUT2D eigenvalue weighted by Crippen LogP contribution is 2.28. The van der Waals surface area contributed by atoms with Gasteiger partial charge in [-0.05, 0) is 35.9 Å². The lowest BCUT2D eigenvalue weighted by Crippen LogP contribution is -2.02. The van der Waals surface area contributed by atoms with Crippen LogP contribution in [0.3, 0.4) is 0 Å². The summed E-state index contributed by atoms with van der Waals surface area (Å²) in [6.07, 6.45) is 3.71. The minimum absolute atomic E-state index is 0.0921. The molecule has 0 bridgehead atoms. The van der Waals surface area contributed by atoms with Gasteiger partial charge in [0.1, 0.15) is 5.52 Å². The predicted molar refractivity (Wildman–Crippen MR) is 96.6 cm³/mol. The predicted octanol–water partition coefficient (Wildman–Crippen LogP) is 4.04. The number of hydrogen-bond donors (Lipinski definition) is 1. The second kappa shape index (κ2) is 7.05. The molecule has 3 rings (SSSR count). The van der Waals surface area contributed by atoms with E-state index < -0.39 is 0 Å². The van der Waals surface area contributed by atoms with Crippen molar-refractivity contribution in [3.8, 4) is 17.2 Å². The molecule has 25 heavy (non-hydrogen) atoms. The molecule has 0 aliphatic carbocycles. The molecule has 0 unspecified atom stereocenters. The molecule has 0 saturated carbocycles. The van der Waals surface area contributed by atoms with Crippen molar-refractivity contribution in [1.29, 1.82) is 0 Å². The van der Waals surface area contributed by atoms with E-state index in [1.807, 2.05) is 36.4 Å². The number of benzene rings is 2. The van der Waals surface area contributed by atoms with Gasteiger partial charge < -0.3 is 14.6 Å². The van der Waals surface area contributed by atoms with Crippen molar-refractivity contribution < 1.29 is 19.4 Å². The molecule has 5 nitrogen and oxygen atoms in total. The fourth-order valence-electron chi connectivity index (χ4n) is 2.44. The zero-order valence-electron chi connectivity index (χ0n) is 13.9. The Kier molecular flexibility index (Phi) is 4.66. The van der Waals surface area contributed by atoms with Gasteiger partial charge in [-0.2, -0.15) is 0 Å². The SMILES string of the molecule is COc1cc(C=Cc2ccc3cccc(OC(C)=O)c3n2)ccc1O. The molecular weight excluding hydrogens is 318 g/mol. The van der Waals surface area contributed by atoms with Crippen molar-refractivity contribution in [1.82, 2.24) is 4.98 Å². The molecule has 0 radical (unpaired) electrons. The van der Waals surface area contributed by atoms with Gasteiger partial charge in [0.25, 0.3) is 0 Å². The van der Waals surface area contributed by atoms with Crippen LogP contribution < -0.4 is 9.47 Å². The van der Waals surface area contributed by atoms with Crippen LogP contribution in [0.5, 0.6) is 17.2 Å². The van der Waals surface area contributed by atoms with Gasteiger partial charge in [0.05, 0.1) is 12.8 Å². The Labute approximate surface area is 145 Å². The summed E-state index contributed by atoms with van der Waals surface area (Å²) >= 11 is 0. The summed E-state index contributed by atoms with van der Waals surface area (Å²) in [7, 11) is 1.50. The van der Waals surface area contributed by atoms with Gasteiger partial charge >= 0.3 is 5.97 Å². The summed E-state index contributed by atoms with van der Waals surface area (Å²) in [4.78, 5) is 15.8. The van der Waals surface area contributed by atoms with E-state index in [0.717, 1.165) is 16.6 Å². The van der Waals surface area contributed by atoms with Crippen molar-refractivity contribution in [3.05, 3.63) is 59.8 Å². The molecule has 0 aliphatic heterocycles. The number of fused-ring (bicyclic) bond motifs is 1. The molecule has 0 atom stereocenters. The van der Waals surface area contributed by atoms with Gasteiger partial charge in [0, 0.05) is 12.3 Å². The number of methoxy groups -OCH3 is 1. The highest BCUT2D eigenvalue weighted by Gasteiger charge is 2.06. The Balaban J connectivity index is 1.95. The second-order valence-electron chi connectivity index (χ2n) is 5.42. The van der Waals surface area contributed by atoms with E-state index >= 15 is 0 Å². The summed E-state index contributed by atoms with van der Waals surface area (Å²) in [6, 6.07) is 14.3. The number of phenolic OH excluding ortho intramolecular Hbond substituents is 1.